The van der Waals surface area contributed by atoms with Gasteiger partial charge in [0.25, 0.3) is 0 Å². The lowest BCUT2D eigenvalue weighted by molar-refractivity contribution is -0.131. The van der Waals surface area contributed by atoms with Gasteiger partial charge in [-0.05, 0) is 46.1 Å². The summed E-state index contributed by atoms with van der Waals surface area (Å²) in [5, 5.41) is 23.3. The van der Waals surface area contributed by atoms with E-state index in [-0.39, 0.29) is 40.4 Å². The number of phenolic OH excluding ortho intramolecular Hbond substituents is 1. The first-order valence-electron chi connectivity index (χ1n) is 11.1. The van der Waals surface area contributed by atoms with Crippen LogP contribution in [0.4, 0.5) is 9.39 Å². The number of nitrogens with zero attached hydrogens (tertiary/aromatic N) is 3. The second kappa shape index (κ2) is 9.02. The zero-order valence-electron chi connectivity index (χ0n) is 18.5. The molecule has 1 atom stereocenters. The number of phenols is 1. The van der Waals surface area contributed by atoms with Gasteiger partial charge in [-0.1, -0.05) is 42.8 Å². The molecule has 2 heterocycles. The van der Waals surface area contributed by atoms with E-state index in [1.165, 1.54) is 6.07 Å². The number of hydrogen-bond acceptors (Lipinski definition) is 6. The summed E-state index contributed by atoms with van der Waals surface area (Å²) in [6.07, 6.45) is 0.412. The molecule has 0 spiro atoms. The van der Waals surface area contributed by atoms with Gasteiger partial charge in [-0.2, -0.15) is 4.37 Å². The number of benzene rings is 3. The van der Waals surface area contributed by atoms with Gasteiger partial charge in [-0.3, -0.25) is 4.79 Å². The van der Waals surface area contributed by atoms with Crippen molar-refractivity contribution in [2.75, 3.05) is 31.1 Å². The van der Waals surface area contributed by atoms with Crippen LogP contribution >= 0.6 is 23.1 Å². The fraction of sp³-hybridized carbons (Fsp3) is 0.280. The highest BCUT2D eigenvalue weighted by molar-refractivity contribution is 7.11. The van der Waals surface area contributed by atoms with E-state index in [1.54, 1.807) is 17.0 Å². The number of anilines is 1. The van der Waals surface area contributed by atoms with Crippen LogP contribution in [0.1, 0.15) is 13.3 Å². The molecule has 1 saturated heterocycles. The SMILES string of the molecule is CCC(=O)N1CCN(c2snc3c(F)c(-c4cc(O)cc5ccccc45)c(Cl)cc23)[C@@H](CO)C1. The number of aromatic hydroxyl groups is 1. The Morgan fingerprint density at radius 3 is 2.79 bits per heavy atom. The zero-order valence-corrected chi connectivity index (χ0v) is 20.0. The number of carbonyl (C=O) groups is 1. The predicted octanol–water partition coefficient (Wildman–Crippen LogP) is 5.03. The van der Waals surface area contributed by atoms with E-state index in [1.807, 2.05) is 36.1 Å². The van der Waals surface area contributed by atoms with Crippen molar-refractivity contribution in [3.05, 3.63) is 53.3 Å². The number of hydrogen-bond donors (Lipinski definition) is 2. The molecule has 1 aliphatic rings. The number of aromatic nitrogens is 1. The number of carbonyl (C=O) groups excluding carboxylic acids is 1. The van der Waals surface area contributed by atoms with Crippen LogP contribution in [0.5, 0.6) is 5.75 Å². The molecule has 1 amide bonds. The summed E-state index contributed by atoms with van der Waals surface area (Å²) in [7, 11) is 0. The average molecular weight is 500 g/mol. The third kappa shape index (κ3) is 3.76. The van der Waals surface area contributed by atoms with Crippen molar-refractivity contribution in [1.82, 2.24) is 9.27 Å². The van der Waals surface area contributed by atoms with E-state index >= 15 is 4.39 Å². The zero-order chi connectivity index (χ0) is 24.0. The Morgan fingerprint density at radius 1 is 1.24 bits per heavy atom. The molecule has 1 aliphatic heterocycles. The number of rotatable bonds is 4. The molecule has 4 aromatic rings. The fourth-order valence-electron chi connectivity index (χ4n) is 4.68. The van der Waals surface area contributed by atoms with Crippen LogP contribution in [-0.2, 0) is 4.79 Å². The van der Waals surface area contributed by atoms with Gasteiger partial charge in [-0.25, -0.2) is 4.39 Å². The Kier molecular flexibility index (Phi) is 6.06. The van der Waals surface area contributed by atoms with Gasteiger partial charge in [-0.15, -0.1) is 0 Å². The molecular weight excluding hydrogens is 477 g/mol. The maximum atomic E-state index is 15.9. The number of aliphatic hydroxyl groups is 1. The average Bonchev–Trinajstić information content (AvgIpc) is 3.26. The maximum Gasteiger partial charge on any atom is 0.222 e. The highest BCUT2D eigenvalue weighted by Gasteiger charge is 2.32. The molecule has 6 nitrogen and oxygen atoms in total. The molecule has 9 heteroatoms. The Hall–Kier alpha value is -2.94. The van der Waals surface area contributed by atoms with Crippen LogP contribution in [-0.4, -0.2) is 57.7 Å². The van der Waals surface area contributed by atoms with Crippen LogP contribution in [0.15, 0.2) is 42.5 Å². The van der Waals surface area contributed by atoms with Crippen molar-refractivity contribution in [3.8, 4) is 16.9 Å². The maximum absolute atomic E-state index is 15.9. The van der Waals surface area contributed by atoms with Crippen molar-refractivity contribution >= 4 is 55.7 Å². The lowest BCUT2D eigenvalue weighted by Crippen LogP contribution is -2.56. The quantitative estimate of drug-likeness (QED) is 0.411. The molecular formula is C25H23ClFN3O3S. The number of amides is 1. The van der Waals surface area contributed by atoms with Gasteiger partial charge < -0.3 is 20.0 Å². The first-order chi connectivity index (χ1) is 16.4. The molecule has 0 aliphatic carbocycles. The lowest BCUT2D eigenvalue weighted by Gasteiger charge is -2.41. The van der Waals surface area contributed by atoms with E-state index < -0.39 is 5.82 Å². The van der Waals surface area contributed by atoms with E-state index in [4.69, 9.17) is 11.6 Å². The smallest absolute Gasteiger partial charge is 0.222 e. The van der Waals surface area contributed by atoms with Crippen LogP contribution in [0, 0.1) is 5.82 Å². The molecule has 1 fully saturated rings. The van der Waals surface area contributed by atoms with E-state index in [0.29, 0.717) is 42.0 Å². The number of halogens is 2. The van der Waals surface area contributed by atoms with Crippen LogP contribution < -0.4 is 4.90 Å². The topological polar surface area (TPSA) is 76.9 Å². The Labute approximate surface area is 205 Å². The van der Waals surface area contributed by atoms with Crippen molar-refractivity contribution in [1.29, 1.82) is 0 Å². The molecule has 34 heavy (non-hydrogen) atoms. The molecule has 1 aromatic heterocycles. The largest absolute Gasteiger partial charge is 0.508 e. The van der Waals surface area contributed by atoms with Crippen LogP contribution in [0.3, 0.4) is 0 Å². The number of piperazine rings is 1. The molecule has 0 bridgehead atoms. The minimum absolute atomic E-state index is 0.0218. The summed E-state index contributed by atoms with van der Waals surface area (Å²) in [5.74, 6) is -0.487. The number of aliphatic hydroxyl groups excluding tert-OH is 1. The number of fused-ring (bicyclic) bond motifs is 2. The van der Waals surface area contributed by atoms with Crippen molar-refractivity contribution in [2.24, 2.45) is 0 Å². The molecule has 5 rings (SSSR count). The lowest BCUT2D eigenvalue weighted by atomic mass is 9.96. The minimum Gasteiger partial charge on any atom is -0.508 e. The Bertz CT molecular complexity index is 1410. The summed E-state index contributed by atoms with van der Waals surface area (Å²) in [4.78, 5) is 15.9. The van der Waals surface area contributed by atoms with Crippen LogP contribution in [0.2, 0.25) is 5.02 Å². The third-order valence-corrected chi connectivity index (χ3v) is 7.57. The summed E-state index contributed by atoms with van der Waals surface area (Å²) < 4.78 is 20.3. The summed E-state index contributed by atoms with van der Waals surface area (Å²) in [5.41, 5.74) is 0.875. The van der Waals surface area contributed by atoms with Crippen molar-refractivity contribution in [3.63, 3.8) is 0 Å². The Balaban J connectivity index is 1.61. The molecule has 2 N–H and O–H groups in total. The van der Waals surface area contributed by atoms with Crippen molar-refractivity contribution in [2.45, 2.75) is 19.4 Å². The molecule has 0 radical (unpaired) electrons. The van der Waals surface area contributed by atoms with Gasteiger partial charge in [0, 0.05) is 37.0 Å². The van der Waals surface area contributed by atoms with Gasteiger partial charge in [0.05, 0.1) is 17.7 Å². The summed E-state index contributed by atoms with van der Waals surface area (Å²) >= 11 is 7.80. The standard InChI is InChI=1S/C25H23ClFN3O3S/c1-2-21(33)29-7-8-30(15(12-29)13-31)25-19-11-20(26)22(23(27)24(19)28-34-25)18-10-16(32)9-14-5-3-4-6-17(14)18/h3-6,9-11,15,31-32H,2,7-8,12-13H2,1H3/t15-/m1/s1. The first kappa shape index (κ1) is 22.8. The minimum atomic E-state index is -0.555. The first-order valence-corrected chi connectivity index (χ1v) is 12.2. The van der Waals surface area contributed by atoms with Gasteiger partial charge in [0.15, 0.2) is 5.82 Å². The monoisotopic (exact) mass is 499 g/mol. The van der Waals surface area contributed by atoms with Crippen molar-refractivity contribution < 1.29 is 19.4 Å². The third-order valence-electron chi connectivity index (χ3n) is 6.37. The van der Waals surface area contributed by atoms with Gasteiger partial charge in [0.2, 0.25) is 5.91 Å². The van der Waals surface area contributed by atoms with Crippen LogP contribution in [0.25, 0.3) is 32.8 Å². The molecule has 3 aromatic carbocycles. The van der Waals surface area contributed by atoms with Gasteiger partial charge >= 0.3 is 0 Å². The Morgan fingerprint density at radius 2 is 2.03 bits per heavy atom. The van der Waals surface area contributed by atoms with E-state index in [2.05, 4.69) is 4.37 Å². The second-order valence-corrected chi connectivity index (χ2v) is 9.53. The normalized spacial score (nSPS) is 16.5. The summed E-state index contributed by atoms with van der Waals surface area (Å²) in [6, 6.07) is 11.9. The highest BCUT2D eigenvalue weighted by Crippen LogP contribution is 2.44. The summed E-state index contributed by atoms with van der Waals surface area (Å²) in [6.45, 7) is 3.10. The van der Waals surface area contributed by atoms with E-state index in [9.17, 15) is 15.0 Å². The van der Waals surface area contributed by atoms with E-state index in [0.717, 1.165) is 22.3 Å². The highest BCUT2D eigenvalue weighted by atomic mass is 35.5. The van der Waals surface area contributed by atoms with Gasteiger partial charge in [0.1, 0.15) is 16.3 Å². The second-order valence-electron chi connectivity index (χ2n) is 8.37. The fourth-order valence-corrected chi connectivity index (χ4v) is 5.93. The predicted molar refractivity (Wildman–Crippen MR) is 134 cm³/mol. The molecule has 176 valence electrons. The molecule has 0 saturated carbocycles. The molecule has 0 unspecified atom stereocenters.